The Morgan fingerprint density at radius 3 is 1.20 bits per heavy atom. The van der Waals surface area contributed by atoms with Crippen LogP contribution in [0.25, 0.3) is 0 Å². The van der Waals surface area contributed by atoms with Gasteiger partial charge in [-0.2, -0.15) is 0 Å². The zero-order chi connectivity index (χ0) is 28.9. The molecule has 0 aromatic heterocycles. The van der Waals surface area contributed by atoms with Crippen molar-refractivity contribution in [2.75, 3.05) is 26.4 Å². The number of benzene rings is 4. The van der Waals surface area contributed by atoms with E-state index >= 15 is 0 Å². The maximum atomic E-state index is 11.8. The Kier molecular flexibility index (Phi) is 10.6. The first-order chi connectivity index (χ1) is 20.0. The molecule has 0 saturated heterocycles. The summed E-state index contributed by atoms with van der Waals surface area (Å²) < 4.78 is 28.8. The number of carboxylic acid groups (broad SMARTS) is 2. The first kappa shape index (κ1) is 29.0. The van der Waals surface area contributed by atoms with Gasteiger partial charge in [-0.05, 0) is 24.3 Å². The summed E-state index contributed by atoms with van der Waals surface area (Å²) >= 11 is 0. The smallest absolute Gasteiger partial charge is 0.349 e. The van der Waals surface area contributed by atoms with Crippen molar-refractivity contribution in [3.05, 3.63) is 120 Å². The van der Waals surface area contributed by atoms with Crippen LogP contribution in [-0.4, -0.2) is 48.6 Å². The summed E-state index contributed by atoms with van der Waals surface area (Å²) in [5.41, 5.74) is 1.03. The van der Waals surface area contributed by atoms with Crippen molar-refractivity contribution in [1.82, 2.24) is 0 Å². The van der Waals surface area contributed by atoms with E-state index in [1.54, 1.807) is 109 Å². The molecule has 2 unspecified atom stereocenters. The number of carbonyl (C=O) groups is 2. The number of hydrogen-bond acceptors (Lipinski definition) is 7. The zero-order valence-corrected chi connectivity index (χ0v) is 22.1. The van der Waals surface area contributed by atoms with Crippen LogP contribution < -0.4 is 18.9 Å². The van der Waals surface area contributed by atoms with Crippen molar-refractivity contribution >= 4 is 11.9 Å². The lowest BCUT2D eigenvalue weighted by Gasteiger charge is -2.18. The van der Waals surface area contributed by atoms with E-state index in [2.05, 4.69) is 0 Å². The molecule has 0 bridgehead atoms. The van der Waals surface area contributed by atoms with Gasteiger partial charge in [0.2, 0.25) is 12.2 Å². The van der Waals surface area contributed by atoms with E-state index in [9.17, 15) is 19.8 Å². The molecule has 0 saturated carbocycles. The first-order valence-corrected chi connectivity index (χ1v) is 12.9. The fourth-order valence-electron chi connectivity index (χ4n) is 3.89. The lowest BCUT2D eigenvalue weighted by atomic mass is 10.1. The number of hydrogen-bond donors (Lipinski definition) is 2. The predicted molar refractivity (Wildman–Crippen MR) is 150 cm³/mol. The third kappa shape index (κ3) is 8.48. The summed E-state index contributed by atoms with van der Waals surface area (Å²) in [4.78, 5) is 23.6. The monoisotopic (exact) mass is 558 g/mol. The molecular formula is C32H30O9. The minimum absolute atomic E-state index is 0.195. The van der Waals surface area contributed by atoms with Crippen LogP contribution in [0, 0.1) is 0 Å². The van der Waals surface area contributed by atoms with Crippen LogP contribution in [-0.2, 0) is 14.3 Å². The maximum Gasteiger partial charge on any atom is 0.349 e. The van der Waals surface area contributed by atoms with Gasteiger partial charge in [0.15, 0.2) is 23.0 Å². The molecule has 2 atom stereocenters. The van der Waals surface area contributed by atoms with Crippen LogP contribution in [0.5, 0.6) is 23.0 Å². The molecule has 0 heterocycles. The van der Waals surface area contributed by atoms with E-state index in [1.165, 1.54) is 0 Å². The quantitative estimate of drug-likeness (QED) is 0.170. The molecular weight excluding hydrogens is 528 g/mol. The Morgan fingerprint density at radius 2 is 0.829 bits per heavy atom. The van der Waals surface area contributed by atoms with Gasteiger partial charge in [-0.25, -0.2) is 9.59 Å². The summed E-state index contributed by atoms with van der Waals surface area (Å²) in [5.74, 6) is -0.823. The van der Waals surface area contributed by atoms with E-state index in [4.69, 9.17) is 23.7 Å². The van der Waals surface area contributed by atoms with Crippen LogP contribution in [0.15, 0.2) is 109 Å². The van der Waals surface area contributed by atoms with Crippen LogP contribution in [0.4, 0.5) is 0 Å². The van der Waals surface area contributed by atoms with E-state index in [-0.39, 0.29) is 26.4 Å². The SMILES string of the molecule is O=C(O)C(Oc1ccccc1OCCOCCOc1ccccc1OC(C(=O)O)c1ccccc1)c1ccccc1. The number of para-hydroxylation sites is 4. The largest absolute Gasteiger partial charge is 0.487 e. The molecule has 0 aliphatic rings. The maximum absolute atomic E-state index is 11.8. The van der Waals surface area contributed by atoms with Gasteiger partial charge in [-0.15, -0.1) is 0 Å². The Balaban J connectivity index is 1.24. The number of ether oxygens (including phenoxy) is 5. The van der Waals surface area contributed by atoms with E-state index in [0.717, 1.165) is 0 Å². The van der Waals surface area contributed by atoms with Gasteiger partial charge in [0.05, 0.1) is 13.2 Å². The normalized spacial score (nSPS) is 12.1. The highest BCUT2D eigenvalue weighted by atomic mass is 16.6. The second kappa shape index (κ2) is 14.9. The Labute approximate surface area is 237 Å². The Hall–Kier alpha value is -5.02. The lowest BCUT2D eigenvalue weighted by molar-refractivity contribution is -0.146. The highest BCUT2D eigenvalue weighted by Crippen LogP contribution is 2.32. The van der Waals surface area contributed by atoms with Crippen molar-refractivity contribution < 1.29 is 43.5 Å². The molecule has 4 aromatic rings. The van der Waals surface area contributed by atoms with Crippen LogP contribution in [0.2, 0.25) is 0 Å². The van der Waals surface area contributed by atoms with Crippen LogP contribution in [0.1, 0.15) is 23.3 Å². The van der Waals surface area contributed by atoms with E-state index in [0.29, 0.717) is 34.1 Å². The van der Waals surface area contributed by atoms with Gasteiger partial charge in [0.1, 0.15) is 13.2 Å². The number of carboxylic acids is 2. The molecule has 9 nitrogen and oxygen atoms in total. The van der Waals surface area contributed by atoms with Gasteiger partial charge < -0.3 is 33.9 Å². The van der Waals surface area contributed by atoms with Crippen LogP contribution in [0.3, 0.4) is 0 Å². The van der Waals surface area contributed by atoms with Crippen molar-refractivity contribution in [2.45, 2.75) is 12.2 Å². The molecule has 4 rings (SSSR count). The van der Waals surface area contributed by atoms with E-state index in [1.807, 2.05) is 0 Å². The zero-order valence-electron chi connectivity index (χ0n) is 22.1. The standard InChI is InChI=1S/C32H30O9/c33-31(34)29(23-11-3-1-4-12-23)40-27-17-9-7-15-25(27)38-21-19-37-20-22-39-26-16-8-10-18-28(26)41-30(32(35)36)24-13-5-2-6-14-24/h1-18,29-30H,19-22H2,(H,33,34)(H,35,36). The van der Waals surface area contributed by atoms with Crippen molar-refractivity contribution in [1.29, 1.82) is 0 Å². The Morgan fingerprint density at radius 1 is 0.488 bits per heavy atom. The summed E-state index contributed by atoms with van der Waals surface area (Å²) in [5, 5.41) is 19.3. The molecule has 0 radical (unpaired) electrons. The third-order valence-electron chi connectivity index (χ3n) is 5.81. The molecule has 41 heavy (non-hydrogen) atoms. The molecule has 4 aromatic carbocycles. The van der Waals surface area contributed by atoms with E-state index < -0.39 is 24.1 Å². The minimum Gasteiger partial charge on any atom is -0.487 e. The van der Waals surface area contributed by atoms with Crippen molar-refractivity contribution in [3.8, 4) is 23.0 Å². The van der Waals surface area contributed by atoms with Crippen molar-refractivity contribution in [3.63, 3.8) is 0 Å². The molecule has 0 aliphatic carbocycles. The highest BCUT2D eigenvalue weighted by Gasteiger charge is 2.24. The molecule has 2 N–H and O–H groups in total. The molecule has 0 amide bonds. The summed E-state index contributed by atoms with van der Waals surface area (Å²) in [7, 11) is 0. The predicted octanol–water partition coefficient (Wildman–Crippen LogP) is 5.57. The topological polar surface area (TPSA) is 121 Å². The summed E-state index contributed by atoms with van der Waals surface area (Å²) in [6, 6.07) is 31.1. The molecule has 0 fully saturated rings. The number of rotatable bonds is 16. The van der Waals surface area contributed by atoms with Gasteiger partial charge in [0, 0.05) is 11.1 Å². The minimum atomic E-state index is -1.18. The van der Waals surface area contributed by atoms with Crippen LogP contribution >= 0.6 is 0 Å². The Bertz CT molecular complexity index is 1290. The van der Waals surface area contributed by atoms with Gasteiger partial charge in [-0.1, -0.05) is 84.9 Å². The summed E-state index contributed by atoms with van der Waals surface area (Å²) in [6.07, 6.45) is -2.36. The second-order valence-corrected chi connectivity index (χ2v) is 8.70. The fourth-order valence-corrected chi connectivity index (χ4v) is 3.89. The molecule has 0 spiro atoms. The van der Waals surface area contributed by atoms with Gasteiger partial charge in [0.25, 0.3) is 0 Å². The second-order valence-electron chi connectivity index (χ2n) is 8.70. The van der Waals surface area contributed by atoms with Gasteiger partial charge in [-0.3, -0.25) is 0 Å². The van der Waals surface area contributed by atoms with Crippen molar-refractivity contribution in [2.24, 2.45) is 0 Å². The fraction of sp³-hybridized carbons (Fsp3) is 0.188. The average Bonchev–Trinajstić information content (AvgIpc) is 3.00. The lowest BCUT2D eigenvalue weighted by Crippen LogP contribution is -2.19. The first-order valence-electron chi connectivity index (χ1n) is 12.9. The molecule has 212 valence electrons. The molecule has 9 heteroatoms. The average molecular weight is 559 g/mol. The highest BCUT2D eigenvalue weighted by molar-refractivity contribution is 5.75. The number of aliphatic carboxylic acids is 2. The third-order valence-corrected chi connectivity index (χ3v) is 5.81. The molecule has 0 aliphatic heterocycles. The van der Waals surface area contributed by atoms with Gasteiger partial charge >= 0.3 is 11.9 Å². The summed E-state index contributed by atoms with van der Waals surface area (Å²) in [6.45, 7) is 0.874.